The fourth-order valence-corrected chi connectivity index (χ4v) is 4.46. The average molecular weight is 354 g/mol. The standard InChI is InChI=1S/C21H26N2O3/c1-2-14-13-23-8-6-15(14)11-20(23)21(25)17-5-7-22-19-4-3-16(12-18(17)19)26-10-9-24/h2-5,7,12,15,20-21,24-25H,6,8-11,13H2,1H3/b14-2-. The summed E-state index contributed by atoms with van der Waals surface area (Å²) < 4.78 is 5.54. The van der Waals surface area contributed by atoms with Gasteiger partial charge in [-0.1, -0.05) is 11.6 Å². The van der Waals surface area contributed by atoms with Crippen LogP contribution in [0.5, 0.6) is 5.75 Å². The second-order valence-electron chi connectivity index (χ2n) is 7.22. The molecule has 4 heterocycles. The minimum atomic E-state index is -0.546. The number of piperidine rings is 3. The lowest BCUT2D eigenvalue weighted by atomic mass is 9.76. The molecule has 3 fully saturated rings. The van der Waals surface area contributed by atoms with Gasteiger partial charge in [-0.05, 0) is 62.1 Å². The van der Waals surface area contributed by atoms with Crippen molar-refractivity contribution in [2.24, 2.45) is 5.92 Å². The number of rotatable bonds is 5. The van der Waals surface area contributed by atoms with E-state index >= 15 is 0 Å². The Labute approximate surface area is 153 Å². The van der Waals surface area contributed by atoms with Gasteiger partial charge in [0.2, 0.25) is 0 Å². The quantitative estimate of drug-likeness (QED) is 0.808. The minimum Gasteiger partial charge on any atom is -0.491 e. The van der Waals surface area contributed by atoms with Crippen LogP contribution in [-0.2, 0) is 0 Å². The van der Waals surface area contributed by atoms with E-state index in [0.717, 1.165) is 36.0 Å². The van der Waals surface area contributed by atoms with Crippen molar-refractivity contribution < 1.29 is 14.9 Å². The maximum atomic E-state index is 11.2. The third kappa shape index (κ3) is 3.11. The van der Waals surface area contributed by atoms with E-state index in [0.29, 0.717) is 11.7 Å². The predicted octanol–water partition coefficient (Wildman–Crippen LogP) is 2.68. The molecule has 3 aliphatic heterocycles. The van der Waals surface area contributed by atoms with E-state index in [2.05, 4.69) is 22.9 Å². The molecule has 4 atom stereocenters. The number of pyridine rings is 1. The number of nitrogens with zero attached hydrogens (tertiary/aromatic N) is 2. The summed E-state index contributed by atoms with van der Waals surface area (Å²) in [6, 6.07) is 7.74. The number of benzene rings is 1. The molecule has 2 N–H and O–H groups in total. The molecule has 0 radical (unpaired) electrons. The van der Waals surface area contributed by atoms with Crippen LogP contribution in [0, 0.1) is 5.92 Å². The number of fused-ring (bicyclic) bond motifs is 4. The van der Waals surface area contributed by atoms with Gasteiger partial charge in [-0.2, -0.15) is 0 Å². The van der Waals surface area contributed by atoms with Gasteiger partial charge in [-0.3, -0.25) is 9.88 Å². The Morgan fingerprint density at radius 2 is 2.27 bits per heavy atom. The molecule has 2 bridgehead atoms. The highest BCUT2D eigenvalue weighted by atomic mass is 16.5. The van der Waals surface area contributed by atoms with E-state index in [9.17, 15) is 5.11 Å². The van der Waals surface area contributed by atoms with Crippen molar-refractivity contribution in [3.8, 4) is 5.75 Å². The summed E-state index contributed by atoms with van der Waals surface area (Å²) in [5.41, 5.74) is 3.27. The molecule has 1 aromatic heterocycles. The first-order valence-electron chi connectivity index (χ1n) is 9.40. The summed E-state index contributed by atoms with van der Waals surface area (Å²) in [5.74, 6) is 1.29. The Balaban J connectivity index is 1.65. The molecule has 0 spiro atoms. The Morgan fingerprint density at radius 3 is 3.00 bits per heavy atom. The van der Waals surface area contributed by atoms with Crippen molar-refractivity contribution in [1.29, 1.82) is 0 Å². The molecular weight excluding hydrogens is 328 g/mol. The van der Waals surface area contributed by atoms with Crippen molar-refractivity contribution in [1.82, 2.24) is 9.88 Å². The second-order valence-corrected chi connectivity index (χ2v) is 7.22. The van der Waals surface area contributed by atoms with Crippen LogP contribution in [0.2, 0.25) is 0 Å². The lowest BCUT2D eigenvalue weighted by Crippen LogP contribution is -2.52. The number of aromatic nitrogens is 1. The number of allylic oxidation sites excluding steroid dienone is 1. The molecule has 0 amide bonds. The van der Waals surface area contributed by atoms with Gasteiger partial charge < -0.3 is 14.9 Å². The summed E-state index contributed by atoms with van der Waals surface area (Å²) in [6.45, 7) is 4.38. The van der Waals surface area contributed by atoms with Gasteiger partial charge in [0, 0.05) is 24.2 Å². The maximum absolute atomic E-state index is 11.2. The van der Waals surface area contributed by atoms with Gasteiger partial charge in [-0.15, -0.1) is 0 Å². The van der Waals surface area contributed by atoms with Gasteiger partial charge in [0.25, 0.3) is 0 Å². The maximum Gasteiger partial charge on any atom is 0.120 e. The fraction of sp³-hybridized carbons (Fsp3) is 0.476. The first kappa shape index (κ1) is 17.5. The van der Waals surface area contributed by atoms with Crippen LogP contribution in [0.15, 0.2) is 42.1 Å². The fourth-order valence-electron chi connectivity index (χ4n) is 4.46. The topological polar surface area (TPSA) is 65.8 Å². The smallest absolute Gasteiger partial charge is 0.120 e. The number of aliphatic hydroxyl groups is 2. The van der Waals surface area contributed by atoms with Crippen LogP contribution in [-0.4, -0.2) is 52.4 Å². The Morgan fingerprint density at radius 1 is 1.38 bits per heavy atom. The largest absolute Gasteiger partial charge is 0.491 e. The Kier molecular flexibility index (Phi) is 4.94. The Bertz CT molecular complexity index is 820. The minimum absolute atomic E-state index is 0.0216. The first-order chi connectivity index (χ1) is 12.7. The molecule has 0 saturated carbocycles. The lowest BCUT2D eigenvalue weighted by molar-refractivity contribution is -0.00340. The monoisotopic (exact) mass is 354 g/mol. The summed E-state index contributed by atoms with van der Waals surface area (Å²) in [5, 5.41) is 21.1. The van der Waals surface area contributed by atoms with Crippen molar-refractivity contribution in [2.75, 3.05) is 26.3 Å². The van der Waals surface area contributed by atoms with Crippen LogP contribution < -0.4 is 4.74 Å². The van der Waals surface area contributed by atoms with Crippen molar-refractivity contribution in [2.45, 2.75) is 31.9 Å². The van der Waals surface area contributed by atoms with E-state index in [-0.39, 0.29) is 19.3 Å². The van der Waals surface area contributed by atoms with Crippen LogP contribution in [0.3, 0.4) is 0 Å². The molecule has 3 aliphatic rings. The molecule has 3 saturated heterocycles. The number of aliphatic hydroxyl groups excluding tert-OH is 2. The highest BCUT2D eigenvalue weighted by Crippen LogP contribution is 2.41. The van der Waals surface area contributed by atoms with E-state index < -0.39 is 6.10 Å². The van der Waals surface area contributed by atoms with Gasteiger partial charge in [-0.25, -0.2) is 0 Å². The second kappa shape index (κ2) is 7.35. The highest BCUT2D eigenvalue weighted by Gasteiger charge is 2.40. The number of ether oxygens (including phenoxy) is 1. The number of hydrogen-bond acceptors (Lipinski definition) is 5. The lowest BCUT2D eigenvalue weighted by Gasteiger charge is -2.48. The summed E-state index contributed by atoms with van der Waals surface area (Å²) in [6.07, 6.45) is 5.66. The van der Waals surface area contributed by atoms with Crippen LogP contribution in [0.25, 0.3) is 10.9 Å². The predicted molar refractivity (Wildman–Crippen MR) is 101 cm³/mol. The molecule has 5 nitrogen and oxygen atoms in total. The van der Waals surface area contributed by atoms with Gasteiger partial charge in [0.05, 0.1) is 18.2 Å². The van der Waals surface area contributed by atoms with Crippen molar-refractivity contribution in [3.05, 3.63) is 47.7 Å². The Hall–Kier alpha value is -1.95. The molecule has 2 aromatic rings. The third-order valence-electron chi connectivity index (χ3n) is 5.83. The molecule has 4 unspecified atom stereocenters. The van der Waals surface area contributed by atoms with E-state index in [1.807, 2.05) is 24.3 Å². The summed E-state index contributed by atoms with van der Waals surface area (Å²) in [7, 11) is 0. The van der Waals surface area contributed by atoms with E-state index in [1.165, 1.54) is 12.0 Å². The van der Waals surface area contributed by atoms with Crippen LogP contribution >= 0.6 is 0 Å². The first-order valence-corrected chi connectivity index (χ1v) is 9.40. The van der Waals surface area contributed by atoms with Gasteiger partial charge >= 0.3 is 0 Å². The SMILES string of the molecule is C/C=C1/CN2CCC1CC2C(O)c1ccnc2ccc(OCCO)cc12. The summed E-state index contributed by atoms with van der Waals surface area (Å²) in [4.78, 5) is 6.84. The molecular formula is C21H26N2O3. The van der Waals surface area contributed by atoms with Crippen molar-refractivity contribution >= 4 is 10.9 Å². The van der Waals surface area contributed by atoms with Crippen LogP contribution in [0.1, 0.15) is 31.4 Å². The van der Waals surface area contributed by atoms with Crippen LogP contribution in [0.4, 0.5) is 0 Å². The summed E-state index contributed by atoms with van der Waals surface area (Å²) >= 11 is 0. The normalized spacial score (nSPS) is 27.8. The molecule has 5 heteroatoms. The zero-order valence-corrected chi connectivity index (χ0v) is 15.1. The molecule has 26 heavy (non-hydrogen) atoms. The molecule has 138 valence electrons. The molecule has 0 aliphatic carbocycles. The highest BCUT2D eigenvalue weighted by molar-refractivity contribution is 5.84. The zero-order chi connectivity index (χ0) is 18.1. The molecule has 1 aromatic carbocycles. The van der Waals surface area contributed by atoms with E-state index in [4.69, 9.17) is 9.84 Å². The van der Waals surface area contributed by atoms with E-state index in [1.54, 1.807) is 6.20 Å². The van der Waals surface area contributed by atoms with Gasteiger partial charge in [0.1, 0.15) is 12.4 Å². The third-order valence-corrected chi connectivity index (χ3v) is 5.83. The van der Waals surface area contributed by atoms with Gasteiger partial charge in [0.15, 0.2) is 0 Å². The number of hydrogen-bond donors (Lipinski definition) is 2. The zero-order valence-electron chi connectivity index (χ0n) is 15.1. The molecule has 5 rings (SSSR count). The van der Waals surface area contributed by atoms with Crippen molar-refractivity contribution in [3.63, 3.8) is 0 Å². The average Bonchev–Trinajstić information content (AvgIpc) is 2.71.